The second kappa shape index (κ2) is 8.49. The van der Waals surface area contributed by atoms with Crippen molar-refractivity contribution in [3.05, 3.63) is 34.3 Å². The SMILES string of the molecule is COCCN(CC/C(N)=N/O)C(=O)c1cccc(Cl)c1C. The Labute approximate surface area is 129 Å². The minimum atomic E-state index is -0.155. The molecule has 0 fully saturated rings. The zero-order valence-corrected chi connectivity index (χ0v) is 12.9. The number of nitrogens with zero attached hydrogens (tertiary/aromatic N) is 2. The van der Waals surface area contributed by atoms with Crippen molar-refractivity contribution in [1.82, 2.24) is 4.90 Å². The number of hydrogen-bond acceptors (Lipinski definition) is 4. The molecule has 21 heavy (non-hydrogen) atoms. The van der Waals surface area contributed by atoms with Crippen molar-refractivity contribution in [2.75, 3.05) is 26.8 Å². The van der Waals surface area contributed by atoms with E-state index in [9.17, 15) is 4.79 Å². The number of benzene rings is 1. The van der Waals surface area contributed by atoms with Gasteiger partial charge >= 0.3 is 0 Å². The molecule has 0 aliphatic heterocycles. The molecule has 6 nitrogen and oxygen atoms in total. The Balaban J connectivity index is 2.90. The van der Waals surface area contributed by atoms with E-state index in [1.807, 2.05) is 0 Å². The van der Waals surface area contributed by atoms with Crippen LogP contribution in [0.2, 0.25) is 5.02 Å². The number of halogens is 1. The Morgan fingerprint density at radius 3 is 2.81 bits per heavy atom. The summed E-state index contributed by atoms with van der Waals surface area (Å²) < 4.78 is 5.01. The average Bonchev–Trinajstić information content (AvgIpc) is 2.49. The molecule has 0 saturated heterocycles. The topological polar surface area (TPSA) is 88.2 Å². The molecule has 0 aliphatic rings. The Kier molecular flexibility index (Phi) is 6.98. The van der Waals surface area contributed by atoms with Crippen LogP contribution in [0, 0.1) is 6.92 Å². The standard InChI is InChI=1S/C14H20ClN3O3/c1-10-11(4-3-5-12(10)15)14(19)18(8-9-21-2)7-6-13(16)17-20/h3-5,20H,6-9H2,1-2H3,(H2,16,17). The predicted octanol–water partition coefficient (Wildman–Crippen LogP) is 1.87. The van der Waals surface area contributed by atoms with E-state index in [0.29, 0.717) is 30.3 Å². The molecule has 116 valence electrons. The first-order valence-electron chi connectivity index (χ1n) is 6.51. The minimum absolute atomic E-state index is 0.0769. The van der Waals surface area contributed by atoms with Gasteiger partial charge in [-0.2, -0.15) is 0 Å². The van der Waals surface area contributed by atoms with Crippen LogP contribution in [-0.2, 0) is 4.74 Å². The van der Waals surface area contributed by atoms with E-state index >= 15 is 0 Å². The molecule has 1 rings (SSSR count). The Hall–Kier alpha value is -1.79. The fraction of sp³-hybridized carbons (Fsp3) is 0.429. The van der Waals surface area contributed by atoms with Crippen LogP contribution in [0.15, 0.2) is 23.4 Å². The van der Waals surface area contributed by atoms with Gasteiger partial charge in [-0.3, -0.25) is 4.79 Å². The summed E-state index contributed by atoms with van der Waals surface area (Å²) in [5, 5.41) is 12.0. The van der Waals surface area contributed by atoms with Crippen LogP contribution in [0.3, 0.4) is 0 Å². The van der Waals surface area contributed by atoms with Gasteiger partial charge in [0.1, 0.15) is 5.84 Å². The molecule has 7 heteroatoms. The van der Waals surface area contributed by atoms with Gasteiger partial charge in [0, 0.05) is 37.2 Å². The lowest BCUT2D eigenvalue weighted by atomic mass is 10.1. The van der Waals surface area contributed by atoms with E-state index in [1.165, 1.54) is 0 Å². The highest BCUT2D eigenvalue weighted by Crippen LogP contribution is 2.20. The van der Waals surface area contributed by atoms with E-state index < -0.39 is 0 Å². The molecule has 1 aromatic carbocycles. The summed E-state index contributed by atoms with van der Waals surface area (Å²) in [6.07, 6.45) is 0.283. The fourth-order valence-electron chi connectivity index (χ4n) is 1.83. The van der Waals surface area contributed by atoms with Crippen LogP contribution < -0.4 is 5.73 Å². The van der Waals surface area contributed by atoms with Gasteiger partial charge in [-0.05, 0) is 24.6 Å². The monoisotopic (exact) mass is 313 g/mol. The first-order chi connectivity index (χ1) is 10.0. The summed E-state index contributed by atoms with van der Waals surface area (Å²) in [6.45, 7) is 2.96. The summed E-state index contributed by atoms with van der Waals surface area (Å²) >= 11 is 6.05. The second-order valence-electron chi connectivity index (χ2n) is 4.54. The number of amidine groups is 1. The zero-order valence-electron chi connectivity index (χ0n) is 12.2. The maximum absolute atomic E-state index is 12.6. The second-order valence-corrected chi connectivity index (χ2v) is 4.95. The summed E-state index contributed by atoms with van der Waals surface area (Å²) in [6, 6.07) is 5.21. The lowest BCUT2D eigenvalue weighted by molar-refractivity contribution is 0.0700. The van der Waals surface area contributed by atoms with Crippen LogP contribution in [-0.4, -0.2) is 48.7 Å². The number of methoxy groups -OCH3 is 1. The molecule has 0 atom stereocenters. The normalized spacial score (nSPS) is 11.5. The highest BCUT2D eigenvalue weighted by molar-refractivity contribution is 6.31. The predicted molar refractivity (Wildman–Crippen MR) is 82.0 cm³/mol. The first-order valence-corrected chi connectivity index (χ1v) is 6.88. The van der Waals surface area contributed by atoms with Crippen molar-refractivity contribution < 1.29 is 14.7 Å². The van der Waals surface area contributed by atoms with Gasteiger partial charge in [-0.15, -0.1) is 0 Å². The van der Waals surface area contributed by atoms with Gasteiger partial charge in [0.2, 0.25) is 0 Å². The van der Waals surface area contributed by atoms with Crippen molar-refractivity contribution in [2.24, 2.45) is 10.9 Å². The lowest BCUT2D eigenvalue weighted by Crippen LogP contribution is -2.36. The third-order valence-corrected chi connectivity index (χ3v) is 3.53. The van der Waals surface area contributed by atoms with E-state index in [0.717, 1.165) is 5.56 Å². The van der Waals surface area contributed by atoms with E-state index in [1.54, 1.807) is 37.1 Å². The van der Waals surface area contributed by atoms with Crippen molar-refractivity contribution >= 4 is 23.3 Å². The minimum Gasteiger partial charge on any atom is -0.409 e. The maximum Gasteiger partial charge on any atom is 0.254 e. The zero-order chi connectivity index (χ0) is 15.8. The fourth-order valence-corrected chi connectivity index (χ4v) is 2.00. The number of carbonyl (C=O) groups is 1. The number of nitrogens with two attached hydrogens (primary N) is 1. The van der Waals surface area contributed by atoms with Gasteiger partial charge in [-0.1, -0.05) is 22.8 Å². The van der Waals surface area contributed by atoms with Gasteiger partial charge in [0.05, 0.1) is 6.61 Å². The number of amides is 1. The Morgan fingerprint density at radius 2 is 2.19 bits per heavy atom. The van der Waals surface area contributed by atoms with Crippen molar-refractivity contribution in [3.8, 4) is 0 Å². The Bertz CT molecular complexity index is 520. The summed E-state index contributed by atoms with van der Waals surface area (Å²) in [5.41, 5.74) is 6.72. The van der Waals surface area contributed by atoms with Crippen LogP contribution >= 0.6 is 11.6 Å². The highest BCUT2D eigenvalue weighted by atomic mass is 35.5. The molecular weight excluding hydrogens is 294 g/mol. The molecule has 1 amide bonds. The number of ether oxygens (including phenoxy) is 1. The summed E-state index contributed by atoms with van der Waals surface area (Å²) in [5.74, 6) is -0.0779. The van der Waals surface area contributed by atoms with E-state index in [-0.39, 0.29) is 18.2 Å². The lowest BCUT2D eigenvalue weighted by Gasteiger charge is -2.23. The van der Waals surface area contributed by atoms with Crippen LogP contribution in [0.25, 0.3) is 0 Å². The number of rotatable bonds is 7. The molecular formula is C14H20ClN3O3. The van der Waals surface area contributed by atoms with Crippen molar-refractivity contribution in [3.63, 3.8) is 0 Å². The molecule has 0 bridgehead atoms. The number of hydrogen-bond donors (Lipinski definition) is 2. The Morgan fingerprint density at radius 1 is 1.48 bits per heavy atom. The van der Waals surface area contributed by atoms with E-state index in [2.05, 4.69) is 5.16 Å². The summed E-state index contributed by atoms with van der Waals surface area (Å²) in [7, 11) is 1.57. The molecule has 1 aromatic rings. The smallest absolute Gasteiger partial charge is 0.254 e. The van der Waals surface area contributed by atoms with Gasteiger partial charge in [0.15, 0.2) is 0 Å². The van der Waals surface area contributed by atoms with Crippen LogP contribution in [0.5, 0.6) is 0 Å². The molecule has 3 N–H and O–H groups in total. The molecule has 0 saturated carbocycles. The molecule has 0 spiro atoms. The van der Waals surface area contributed by atoms with Gasteiger partial charge in [-0.25, -0.2) is 0 Å². The van der Waals surface area contributed by atoms with Crippen LogP contribution in [0.1, 0.15) is 22.3 Å². The first kappa shape index (κ1) is 17.3. The molecule has 0 aromatic heterocycles. The molecule has 0 unspecified atom stereocenters. The third kappa shape index (κ3) is 4.91. The molecule has 0 radical (unpaired) electrons. The largest absolute Gasteiger partial charge is 0.409 e. The van der Waals surface area contributed by atoms with Crippen LogP contribution in [0.4, 0.5) is 0 Å². The molecule has 0 heterocycles. The third-order valence-electron chi connectivity index (χ3n) is 3.12. The highest BCUT2D eigenvalue weighted by Gasteiger charge is 2.18. The maximum atomic E-state index is 12.6. The average molecular weight is 314 g/mol. The van der Waals surface area contributed by atoms with Crippen molar-refractivity contribution in [1.29, 1.82) is 0 Å². The molecule has 0 aliphatic carbocycles. The van der Waals surface area contributed by atoms with Gasteiger partial charge in [0.25, 0.3) is 5.91 Å². The van der Waals surface area contributed by atoms with E-state index in [4.69, 9.17) is 27.3 Å². The summed E-state index contributed by atoms with van der Waals surface area (Å²) in [4.78, 5) is 14.2. The van der Waals surface area contributed by atoms with Gasteiger partial charge < -0.3 is 20.6 Å². The number of oxime groups is 1. The number of carbonyl (C=O) groups excluding carboxylic acids is 1. The van der Waals surface area contributed by atoms with Crippen molar-refractivity contribution in [2.45, 2.75) is 13.3 Å². The quantitative estimate of drug-likeness (QED) is 0.348.